The molecule has 0 bridgehead atoms. The summed E-state index contributed by atoms with van der Waals surface area (Å²) in [7, 11) is 0. The van der Waals surface area contributed by atoms with Gasteiger partial charge in [0.2, 0.25) is 5.91 Å². The summed E-state index contributed by atoms with van der Waals surface area (Å²) in [6, 6.07) is 7.97. The molecular formula is C13H19ClN2O. The van der Waals surface area contributed by atoms with E-state index in [4.69, 9.17) is 0 Å². The Hall–Kier alpha value is -1.06. The predicted octanol–water partition coefficient (Wildman–Crippen LogP) is 2.57. The molecule has 0 saturated heterocycles. The predicted molar refractivity (Wildman–Crippen MR) is 72.4 cm³/mol. The molecule has 0 aliphatic heterocycles. The van der Waals surface area contributed by atoms with Gasteiger partial charge in [-0.25, -0.2) is 0 Å². The lowest BCUT2D eigenvalue weighted by molar-refractivity contribution is -0.117. The summed E-state index contributed by atoms with van der Waals surface area (Å²) in [4.78, 5) is 11.7. The monoisotopic (exact) mass is 254 g/mol. The van der Waals surface area contributed by atoms with Crippen LogP contribution in [0.4, 0.5) is 5.69 Å². The number of hydrogen-bond acceptors (Lipinski definition) is 2. The lowest BCUT2D eigenvalue weighted by Crippen LogP contribution is -2.17. The van der Waals surface area contributed by atoms with Gasteiger partial charge >= 0.3 is 0 Å². The number of nitrogens with one attached hydrogen (secondary N) is 2. The number of benzene rings is 1. The van der Waals surface area contributed by atoms with Gasteiger partial charge in [0.05, 0.1) is 0 Å². The highest BCUT2D eigenvalue weighted by Gasteiger charge is 2.29. The van der Waals surface area contributed by atoms with Crippen molar-refractivity contribution in [2.75, 3.05) is 11.9 Å². The molecule has 4 heteroatoms. The van der Waals surface area contributed by atoms with Crippen LogP contribution < -0.4 is 10.6 Å². The van der Waals surface area contributed by atoms with E-state index in [-0.39, 0.29) is 24.2 Å². The topological polar surface area (TPSA) is 41.1 Å². The molecule has 1 fully saturated rings. The van der Waals surface area contributed by atoms with E-state index < -0.39 is 0 Å². The number of carbonyl (C=O) groups excluding carboxylic acids is 1. The zero-order chi connectivity index (χ0) is 11.4. The molecule has 2 rings (SSSR count). The molecule has 1 aliphatic rings. The van der Waals surface area contributed by atoms with E-state index in [1.807, 2.05) is 24.3 Å². The van der Waals surface area contributed by atoms with Crippen molar-refractivity contribution in [3.63, 3.8) is 0 Å². The number of carbonyl (C=O) groups is 1. The van der Waals surface area contributed by atoms with E-state index >= 15 is 0 Å². The van der Waals surface area contributed by atoms with Gasteiger partial charge in [-0.05, 0) is 31.0 Å². The van der Waals surface area contributed by atoms with Crippen molar-refractivity contribution in [1.82, 2.24) is 5.32 Å². The van der Waals surface area contributed by atoms with Crippen molar-refractivity contribution in [1.29, 1.82) is 0 Å². The van der Waals surface area contributed by atoms with E-state index in [9.17, 15) is 4.79 Å². The van der Waals surface area contributed by atoms with Gasteiger partial charge in [0.1, 0.15) is 0 Å². The third kappa shape index (κ3) is 4.02. The van der Waals surface area contributed by atoms with Crippen molar-refractivity contribution in [2.45, 2.75) is 26.3 Å². The molecule has 1 amide bonds. The molecular weight excluding hydrogens is 236 g/mol. The minimum Gasteiger partial charge on any atom is -0.326 e. The number of rotatable bonds is 5. The van der Waals surface area contributed by atoms with Crippen LogP contribution in [0.1, 0.15) is 25.3 Å². The summed E-state index contributed by atoms with van der Waals surface area (Å²) in [6.45, 7) is 3.81. The van der Waals surface area contributed by atoms with Gasteiger partial charge in [-0.2, -0.15) is 0 Å². The molecule has 3 nitrogen and oxygen atoms in total. The standard InChI is InChI=1S/C13H18N2O.ClH/c1-2-14-9-11-5-3-4-6-12(11)15-13(16)10-7-8-10;/h3-6,10,14H,2,7-9H2,1H3,(H,15,16);1H. The quantitative estimate of drug-likeness (QED) is 0.848. The molecule has 94 valence electrons. The molecule has 1 aromatic carbocycles. The van der Waals surface area contributed by atoms with Crippen molar-refractivity contribution < 1.29 is 4.79 Å². The lowest BCUT2D eigenvalue weighted by atomic mass is 10.1. The Balaban J connectivity index is 0.00000144. The summed E-state index contributed by atoms with van der Waals surface area (Å²) < 4.78 is 0. The van der Waals surface area contributed by atoms with Gasteiger partial charge in [0, 0.05) is 18.2 Å². The second-order valence-corrected chi connectivity index (χ2v) is 4.20. The molecule has 1 aromatic rings. The highest BCUT2D eigenvalue weighted by Crippen LogP contribution is 2.30. The maximum absolute atomic E-state index is 11.7. The highest BCUT2D eigenvalue weighted by molar-refractivity contribution is 5.94. The van der Waals surface area contributed by atoms with Crippen LogP contribution in [0.25, 0.3) is 0 Å². The molecule has 2 N–H and O–H groups in total. The van der Waals surface area contributed by atoms with Crippen LogP contribution in [0.3, 0.4) is 0 Å². The summed E-state index contributed by atoms with van der Waals surface area (Å²) in [5, 5.41) is 6.27. The first-order valence-corrected chi connectivity index (χ1v) is 5.90. The van der Waals surface area contributed by atoms with Gasteiger partial charge in [-0.3, -0.25) is 4.79 Å². The average Bonchev–Trinajstić information content (AvgIpc) is 3.11. The van der Waals surface area contributed by atoms with Crippen molar-refractivity contribution in [3.8, 4) is 0 Å². The van der Waals surface area contributed by atoms with Crippen LogP contribution in [0.2, 0.25) is 0 Å². The van der Waals surface area contributed by atoms with Gasteiger partial charge in [0.25, 0.3) is 0 Å². The molecule has 1 saturated carbocycles. The number of amides is 1. The molecule has 0 unspecified atom stereocenters. The van der Waals surface area contributed by atoms with Crippen LogP contribution in [0.15, 0.2) is 24.3 Å². The van der Waals surface area contributed by atoms with E-state index in [0.29, 0.717) is 0 Å². The first kappa shape index (κ1) is 14.0. The fourth-order valence-electron chi connectivity index (χ4n) is 1.64. The Labute approximate surface area is 108 Å². The zero-order valence-electron chi connectivity index (χ0n) is 10.0. The molecule has 0 spiro atoms. The largest absolute Gasteiger partial charge is 0.326 e. The number of hydrogen-bond donors (Lipinski definition) is 2. The summed E-state index contributed by atoms with van der Waals surface area (Å²) in [5.41, 5.74) is 2.10. The second kappa shape index (κ2) is 6.62. The summed E-state index contributed by atoms with van der Waals surface area (Å²) in [6.07, 6.45) is 2.09. The van der Waals surface area contributed by atoms with E-state index in [0.717, 1.165) is 37.2 Å². The minimum absolute atomic E-state index is 0. The molecule has 0 aromatic heterocycles. The highest BCUT2D eigenvalue weighted by atomic mass is 35.5. The summed E-state index contributed by atoms with van der Waals surface area (Å²) >= 11 is 0. The molecule has 0 heterocycles. The smallest absolute Gasteiger partial charge is 0.227 e. The van der Waals surface area contributed by atoms with Crippen LogP contribution in [-0.4, -0.2) is 12.5 Å². The van der Waals surface area contributed by atoms with Gasteiger partial charge in [0.15, 0.2) is 0 Å². The van der Waals surface area contributed by atoms with Gasteiger partial charge in [-0.15, -0.1) is 12.4 Å². The Morgan fingerprint density at radius 2 is 2.06 bits per heavy atom. The summed E-state index contributed by atoms with van der Waals surface area (Å²) in [5.74, 6) is 0.427. The Morgan fingerprint density at radius 3 is 2.71 bits per heavy atom. The Kier molecular flexibility index (Phi) is 5.45. The first-order valence-electron chi connectivity index (χ1n) is 5.90. The fourth-order valence-corrected chi connectivity index (χ4v) is 1.64. The third-order valence-corrected chi connectivity index (χ3v) is 2.79. The van der Waals surface area contributed by atoms with Crippen LogP contribution in [0, 0.1) is 5.92 Å². The third-order valence-electron chi connectivity index (χ3n) is 2.79. The second-order valence-electron chi connectivity index (χ2n) is 4.20. The van der Waals surface area contributed by atoms with Crippen molar-refractivity contribution >= 4 is 24.0 Å². The van der Waals surface area contributed by atoms with E-state index in [1.165, 1.54) is 0 Å². The molecule has 1 aliphatic carbocycles. The van der Waals surface area contributed by atoms with Crippen molar-refractivity contribution in [3.05, 3.63) is 29.8 Å². The number of halogens is 1. The van der Waals surface area contributed by atoms with E-state index in [1.54, 1.807) is 0 Å². The van der Waals surface area contributed by atoms with Crippen LogP contribution in [-0.2, 0) is 11.3 Å². The van der Waals surface area contributed by atoms with E-state index in [2.05, 4.69) is 17.6 Å². The Bertz CT molecular complexity index is 377. The first-order chi connectivity index (χ1) is 7.81. The SMILES string of the molecule is CCNCc1ccccc1NC(=O)C1CC1.Cl. The number of anilines is 1. The maximum Gasteiger partial charge on any atom is 0.227 e. The van der Waals surface area contributed by atoms with Gasteiger partial charge in [-0.1, -0.05) is 25.1 Å². The van der Waals surface area contributed by atoms with Crippen LogP contribution in [0.5, 0.6) is 0 Å². The molecule has 17 heavy (non-hydrogen) atoms. The minimum atomic E-state index is 0. The molecule has 0 radical (unpaired) electrons. The fraction of sp³-hybridized carbons (Fsp3) is 0.462. The Morgan fingerprint density at radius 1 is 1.35 bits per heavy atom. The molecule has 0 atom stereocenters. The van der Waals surface area contributed by atoms with Crippen LogP contribution >= 0.6 is 12.4 Å². The maximum atomic E-state index is 11.7. The van der Waals surface area contributed by atoms with Gasteiger partial charge < -0.3 is 10.6 Å². The zero-order valence-corrected chi connectivity index (χ0v) is 10.8. The normalized spacial score (nSPS) is 13.9. The van der Waals surface area contributed by atoms with Crippen molar-refractivity contribution in [2.24, 2.45) is 5.92 Å². The average molecular weight is 255 g/mol. The number of para-hydroxylation sites is 1. The lowest BCUT2D eigenvalue weighted by Gasteiger charge is -2.10.